The molecule has 0 aromatic heterocycles. The summed E-state index contributed by atoms with van der Waals surface area (Å²) in [6, 6.07) is 0.814. The Kier molecular flexibility index (Phi) is 5.29. The van der Waals surface area contributed by atoms with E-state index < -0.39 is 0 Å². The average molecular weight is 298 g/mol. The lowest BCUT2D eigenvalue weighted by atomic mass is 9.81. The Morgan fingerprint density at radius 3 is 3.00 bits per heavy atom. The lowest BCUT2D eigenvalue weighted by Gasteiger charge is -2.43. The van der Waals surface area contributed by atoms with Gasteiger partial charge in [0.15, 0.2) is 0 Å². The molecule has 0 spiro atoms. The molecule has 1 saturated carbocycles. The molecule has 2 saturated heterocycles. The molecule has 0 radical (unpaired) electrons. The first kappa shape index (κ1) is 15.1. The Morgan fingerprint density at radius 1 is 1.40 bits per heavy atom. The van der Waals surface area contributed by atoms with Crippen molar-refractivity contribution in [2.45, 2.75) is 50.3 Å². The topological polar surface area (TPSA) is 24.5 Å². The van der Waals surface area contributed by atoms with E-state index in [1.54, 1.807) is 0 Å². The lowest BCUT2D eigenvalue weighted by molar-refractivity contribution is -0.0259. The second-order valence-corrected chi connectivity index (χ2v) is 8.36. The summed E-state index contributed by atoms with van der Waals surface area (Å²) in [5.41, 5.74) is 0.376. The largest absolute Gasteiger partial charge is 0.381 e. The van der Waals surface area contributed by atoms with Crippen molar-refractivity contribution < 1.29 is 4.74 Å². The van der Waals surface area contributed by atoms with Crippen LogP contribution in [0.3, 0.4) is 0 Å². The van der Waals surface area contributed by atoms with Gasteiger partial charge >= 0.3 is 0 Å². The van der Waals surface area contributed by atoms with E-state index >= 15 is 0 Å². The van der Waals surface area contributed by atoms with E-state index in [9.17, 15) is 0 Å². The van der Waals surface area contributed by atoms with E-state index in [0.717, 1.165) is 31.1 Å². The van der Waals surface area contributed by atoms with Crippen LogP contribution in [0.15, 0.2) is 0 Å². The summed E-state index contributed by atoms with van der Waals surface area (Å²) >= 11 is 2.17. The van der Waals surface area contributed by atoms with Gasteiger partial charge in [-0.3, -0.25) is 0 Å². The summed E-state index contributed by atoms with van der Waals surface area (Å²) in [6.07, 6.45) is 6.66. The van der Waals surface area contributed by atoms with Crippen LogP contribution in [0, 0.1) is 5.41 Å². The van der Waals surface area contributed by atoms with E-state index in [1.165, 1.54) is 57.5 Å². The van der Waals surface area contributed by atoms with Gasteiger partial charge in [0.2, 0.25) is 0 Å². The van der Waals surface area contributed by atoms with Crippen LogP contribution in [-0.2, 0) is 4.74 Å². The second kappa shape index (κ2) is 6.99. The first-order valence-electron chi connectivity index (χ1n) is 8.45. The van der Waals surface area contributed by atoms with Gasteiger partial charge in [-0.15, -0.1) is 0 Å². The lowest BCUT2D eigenvalue weighted by Crippen LogP contribution is -2.52. The monoisotopic (exact) mass is 298 g/mol. The van der Waals surface area contributed by atoms with E-state index in [2.05, 4.69) is 28.9 Å². The predicted octanol–water partition coefficient (Wildman–Crippen LogP) is 2.36. The summed E-state index contributed by atoms with van der Waals surface area (Å²) < 4.78 is 5.86. The number of rotatable bonds is 6. The Balaban J connectivity index is 1.56. The van der Waals surface area contributed by atoms with E-state index in [4.69, 9.17) is 4.74 Å². The molecule has 3 nitrogen and oxygen atoms in total. The van der Waals surface area contributed by atoms with Gasteiger partial charge in [0.25, 0.3) is 0 Å². The minimum absolute atomic E-state index is 0.376. The fourth-order valence-electron chi connectivity index (χ4n) is 3.52. The fraction of sp³-hybridized carbons (Fsp3) is 1.00. The first-order valence-corrected chi connectivity index (χ1v) is 9.50. The van der Waals surface area contributed by atoms with E-state index in [0.29, 0.717) is 5.41 Å². The highest BCUT2D eigenvalue weighted by atomic mass is 32.2. The number of ether oxygens (including phenoxy) is 1. The number of thioether (sulfide) groups is 1. The van der Waals surface area contributed by atoms with Gasteiger partial charge in [-0.05, 0) is 32.1 Å². The van der Waals surface area contributed by atoms with Crippen molar-refractivity contribution in [1.29, 1.82) is 0 Å². The molecule has 20 heavy (non-hydrogen) atoms. The molecule has 2 atom stereocenters. The summed E-state index contributed by atoms with van der Waals surface area (Å²) in [5, 5.41) is 4.62. The molecule has 4 heteroatoms. The first-order chi connectivity index (χ1) is 9.80. The van der Waals surface area contributed by atoms with Crippen LogP contribution in [0.1, 0.15) is 39.0 Å². The maximum atomic E-state index is 5.86. The molecule has 116 valence electrons. The predicted molar refractivity (Wildman–Crippen MR) is 86.5 cm³/mol. The molecule has 2 heterocycles. The van der Waals surface area contributed by atoms with Gasteiger partial charge in [0.1, 0.15) is 0 Å². The van der Waals surface area contributed by atoms with Crippen LogP contribution in [0.5, 0.6) is 0 Å². The van der Waals surface area contributed by atoms with Gasteiger partial charge in [-0.2, -0.15) is 11.8 Å². The van der Waals surface area contributed by atoms with Gasteiger partial charge in [0, 0.05) is 55.2 Å². The normalized spacial score (nSPS) is 36.1. The summed E-state index contributed by atoms with van der Waals surface area (Å²) in [6.45, 7) is 9.22. The zero-order valence-corrected chi connectivity index (χ0v) is 13.7. The van der Waals surface area contributed by atoms with Crippen LogP contribution in [0.2, 0.25) is 0 Å². The Labute approximate surface area is 128 Å². The third-order valence-corrected chi connectivity index (χ3v) is 6.36. The van der Waals surface area contributed by atoms with Crippen molar-refractivity contribution in [3.63, 3.8) is 0 Å². The van der Waals surface area contributed by atoms with Crippen LogP contribution in [0.4, 0.5) is 0 Å². The Hall–Kier alpha value is 0.230. The van der Waals surface area contributed by atoms with Crippen molar-refractivity contribution in [2.24, 2.45) is 5.41 Å². The highest BCUT2D eigenvalue weighted by Gasteiger charge is 2.37. The standard InChI is InChI=1S/C16H30N2OS/c1-2-15-10-18(7-9-20-15)12-16(6-3-8-19-13-16)11-17-14-4-5-14/h14-15,17H,2-13H2,1H3. The fourth-order valence-corrected chi connectivity index (χ4v) is 4.77. The van der Waals surface area contributed by atoms with E-state index in [1.807, 2.05) is 0 Å². The highest BCUT2D eigenvalue weighted by Crippen LogP contribution is 2.32. The van der Waals surface area contributed by atoms with Crippen molar-refractivity contribution in [1.82, 2.24) is 10.2 Å². The molecule has 3 aliphatic rings. The summed E-state index contributed by atoms with van der Waals surface area (Å²) in [7, 11) is 0. The molecule has 2 unspecified atom stereocenters. The molecule has 3 fully saturated rings. The molecule has 1 aliphatic carbocycles. The van der Waals surface area contributed by atoms with Crippen LogP contribution in [-0.4, -0.2) is 61.3 Å². The molecule has 0 aromatic carbocycles. The zero-order chi connectivity index (χ0) is 13.8. The maximum Gasteiger partial charge on any atom is 0.0546 e. The average Bonchev–Trinajstić information content (AvgIpc) is 3.31. The molecule has 0 amide bonds. The SMILES string of the molecule is CCC1CN(CC2(CNC3CC3)CCCOC2)CCS1. The summed E-state index contributed by atoms with van der Waals surface area (Å²) in [5.74, 6) is 1.31. The highest BCUT2D eigenvalue weighted by molar-refractivity contribution is 8.00. The molecular formula is C16H30N2OS. The van der Waals surface area contributed by atoms with Crippen molar-refractivity contribution in [3.8, 4) is 0 Å². The zero-order valence-electron chi connectivity index (χ0n) is 12.9. The smallest absolute Gasteiger partial charge is 0.0546 e. The van der Waals surface area contributed by atoms with Crippen molar-refractivity contribution in [2.75, 3.05) is 45.1 Å². The van der Waals surface area contributed by atoms with Gasteiger partial charge in [0.05, 0.1) is 6.61 Å². The number of nitrogens with zero attached hydrogens (tertiary/aromatic N) is 1. The number of hydrogen-bond donors (Lipinski definition) is 1. The van der Waals surface area contributed by atoms with Crippen LogP contribution in [0.25, 0.3) is 0 Å². The van der Waals surface area contributed by atoms with Crippen molar-refractivity contribution >= 4 is 11.8 Å². The van der Waals surface area contributed by atoms with Crippen LogP contribution < -0.4 is 5.32 Å². The molecule has 0 aromatic rings. The third kappa shape index (κ3) is 4.12. The number of hydrogen-bond acceptors (Lipinski definition) is 4. The molecule has 0 bridgehead atoms. The minimum Gasteiger partial charge on any atom is -0.381 e. The van der Waals surface area contributed by atoms with Crippen LogP contribution >= 0.6 is 11.8 Å². The van der Waals surface area contributed by atoms with Gasteiger partial charge in [-0.1, -0.05) is 6.92 Å². The quantitative estimate of drug-likeness (QED) is 0.813. The summed E-state index contributed by atoms with van der Waals surface area (Å²) in [4.78, 5) is 2.72. The molecule has 2 aliphatic heterocycles. The molecular weight excluding hydrogens is 268 g/mol. The second-order valence-electron chi connectivity index (χ2n) is 6.95. The molecule has 3 rings (SSSR count). The van der Waals surface area contributed by atoms with E-state index in [-0.39, 0.29) is 0 Å². The Morgan fingerprint density at radius 2 is 2.30 bits per heavy atom. The van der Waals surface area contributed by atoms with Gasteiger partial charge in [-0.25, -0.2) is 0 Å². The van der Waals surface area contributed by atoms with Gasteiger partial charge < -0.3 is 15.0 Å². The number of nitrogens with one attached hydrogen (secondary N) is 1. The van der Waals surface area contributed by atoms with Crippen molar-refractivity contribution in [3.05, 3.63) is 0 Å². The Bertz CT molecular complexity index is 303. The third-order valence-electron chi connectivity index (χ3n) is 4.98. The maximum absolute atomic E-state index is 5.86. The minimum atomic E-state index is 0.376. The molecule has 1 N–H and O–H groups in total.